The molecule has 0 amide bonds. The van der Waals surface area contributed by atoms with E-state index in [9.17, 15) is 0 Å². The monoisotopic (exact) mass is 257 g/mol. The lowest BCUT2D eigenvalue weighted by atomic mass is 10.7. The van der Waals surface area contributed by atoms with Gasteiger partial charge in [-0.1, -0.05) is 16.8 Å². The van der Waals surface area contributed by atoms with Crippen LogP contribution >= 0.6 is 34.2 Å². The van der Waals surface area contributed by atoms with Crippen LogP contribution in [0.1, 0.15) is 6.92 Å². The maximum absolute atomic E-state index is 5.74. The molecule has 5 heteroatoms. The normalized spacial score (nSPS) is 10.1. The van der Waals surface area contributed by atoms with Crippen molar-refractivity contribution in [1.82, 2.24) is 15.0 Å². The molecule has 0 aliphatic heterocycles. The van der Waals surface area contributed by atoms with E-state index in [2.05, 4.69) is 10.3 Å². The molecule has 1 heterocycles. The lowest BCUT2D eigenvalue weighted by molar-refractivity contribution is 0.627. The summed E-state index contributed by atoms with van der Waals surface area (Å²) in [4.78, 5) is 0. The second-order valence-corrected chi connectivity index (χ2v) is 2.87. The Labute approximate surface area is 71.5 Å². The highest BCUT2D eigenvalue weighted by atomic mass is 127. The summed E-state index contributed by atoms with van der Waals surface area (Å²) in [6.45, 7) is 2.74. The highest BCUT2D eigenvalue weighted by Crippen LogP contribution is 2.13. The van der Waals surface area contributed by atoms with E-state index in [1.54, 1.807) is 4.68 Å². The van der Waals surface area contributed by atoms with Crippen LogP contribution in [0.2, 0.25) is 5.15 Å². The van der Waals surface area contributed by atoms with Gasteiger partial charge in [-0.3, -0.25) is 0 Å². The third-order valence-electron chi connectivity index (χ3n) is 0.937. The van der Waals surface area contributed by atoms with E-state index >= 15 is 0 Å². The van der Waals surface area contributed by atoms with Crippen LogP contribution in [0.25, 0.3) is 0 Å². The first-order valence-corrected chi connectivity index (χ1v) is 3.96. The van der Waals surface area contributed by atoms with Crippen LogP contribution in [0.3, 0.4) is 0 Å². The van der Waals surface area contributed by atoms with Crippen LogP contribution in [0.5, 0.6) is 0 Å². The third-order valence-corrected chi connectivity index (χ3v) is 2.36. The maximum atomic E-state index is 5.74. The molecule has 1 aromatic heterocycles. The molecule has 0 fully saturated rings. The number of hydrogen-bond acceptors (Lipinski definition) is 2. The molecule has 0 N–H and O–H groups in total. The van der Waals surface area contributed by atoms with Crippen molar-refractivity contribution < 1.29 is 0 Å². The topological polar surface area (TPSA) is 30.7 Å². The smallest absolute Gasteiger partial charge is 0.162 e. The fourth-order valence-corrected chi connectivity index (χ4v) is 1.05. The van der Waals surface area contributed by atoms with Crippen LogP contribution in [-0.4, -0.2) is 15.0 Å². The second-order valence-electron chi connectivity index (χ2n) is 1.49. The molecule has 0 bridgehead atoms. The van der Waals surface area contributed by atoms with Crippen LogP contribution < -0.4 is 0 Å². The zero-order chi connectivity index (χ0) is 6.85. The van der Waals surface area contributed by atoms with Crippen molar-refractivity contribution in [2.45, 2.75) is 13.5 Å². The van der Waals surface area contributed by atoms with Crippen molar-refractivity contribution in [1.29, 1.82) is 0 Å². The van der Waals surface area contributed by atoms with E-state index in [-0.39, 0.29) is 0 Å². The molecule has 50 valence electrons. The zero-order valence-electron chi connectivity index (χ0n) is 4.80. The van der Waals surface area contributed by atoms with E-state index in [0.29, 0.717) is 5.15 Å². The molecule has 0 atom stereocenters. The number of rotatable bonds is 1. The molecule has 0 aliphatic carbocycles. The minimum absolute atomic E-state index is 0.623. The van der Waals surface area contributed by atoms with Gasteiger partial charge < -0.3 is 0 Å². The SMILES string of the molecule is CCn1nnc(I)c1Cl. The largest absolute Gasteiger partial charge is 0.233 e. The highest BCUT2D eigenvalue weighted by Gasteiger charge is 2.03. The molecule has 0 radical (unpaired) electrons. The Kier molecular flexibility index (Phi) is 2.29. The Balaban J connectivity index is 3.04. The number of aromatic nitrogens is 3. The number of nitrogens with zero attached hydrogens (tertiary/aromatic N) is 3. The summed E-state index contributed by atoms with van der Waals surface area (Å²) in [7, 11) is 0. The summed E-state index contributed by atoms with van der Waals surface area (Å²) in [5.74, 6) is 0. The summed E-state index contributed by atoms with van der Waals surface area (Å²) >= 11 is 7.78. The highest BCUT2D eigenvalue weighted by molar-refractivity contribution is 14.1. The molecule has 0 saturated heterocycles. The average Bonchev–Trinajstić information content (AvgIpc) is 2.15. The molecule has 0 unspecified atom stereocenters. The van der Waals surface area contributed by atoms with Gasteiger partial charge in [-0.05, 0) is 29.5 Å². The van der Waals surface area contributed by atoms with Gasteiger partial charge in [0.1, 0.15) is 0 Å². The predicted octanol–water partition coefficient (Wildman–Crippen LogP) is 1.56. The fourth-order valence-electron chi connectivity index (χ4n) is 0.482. The second kappa shape index (κ2) is 2.83. The molecule has 9 heavy (non-hydrogen) atoms. The summed E-state index contributed by atoms with van der Waals surface area (Å²) in [6.07, 6.45) is 0. The van der Waals surface area contributed by atoms with E-state index in [1.807, 2.05) is 29.5 Å². The van der Waals surface area contributed by atoms with Gasteiger partial charge in [0.15, 0.2) is 8.85 Å². The Morgan fingerprint density at radius 1 is 1.78 bits per heavy atom. The van der Waals surface area contributed by atoms with Gasteiger partial charge in [-0.15, -0.1) is 5.10 Å². The van der Waals surface area contributed by atoms with Crippen molar-refractivity contribution in [2.75, 3.05) is 0 Å². The van der Waals surface area contributed by atoms with Crippen molar-refractivity contribution in [3.63, 3.8) is 0 Å². The van der Waals surface area contributed by atoms with Gasteiger partial charge in [-0.2, -0.15) is 0 Å². The Morgan fingerprint density at radius 3 is 2.67 bits per heavy atom. The lowest BCUT2D eigenvalue weighted by Gasteiger charge is -1.91. The first kappa shape index (κ1) is 7.27. The standard InChI is InChI=1S/C4H5ClIN3/c1-2-9-3(5)4(6)7-8-9/h2H2,1H3. The van der Waals surface area contributed by atoms with Crippen LogP contribution in [-0.2, 0) is 6.54 Å². The molecule has 0 aromatic carbocycles. The third kappa shape index (κ3) is 1.35. The van der Waals surface area contributed by atoms with Crippen LogP contribution in [0, 0.1) is 3.70 Å². The van der Waals surface area contributed by atoms with Gasteiger partial charge in [-0.25, -0.2) is 4.68 Å². The minimum Gasteiger partial charge on any atom is -0.233 e. The Bertz CT molecular complexity index is 210. The molecule has 1 rings (SSSR count). The summed E-state index contributed by atoms with van der Waals surface area (Å²) < 4.78 is 2.40. The number of halogens is 2. The first-order valence-electron chi connectivity index (χ1n) is 2.50. The molecule has 0 saturated carbocycles. The van der Waals surface area contributed by atoms with Crippen molar-refractivity contribution in [3.05, 3.63) is 8.85 Å². The van der Waals surface area contributed by atoms with E-state index in [1.165, 1.54) is 0 Å². The van der Waals surface area contributed by atoms with E-state index < -0.39 is 0 Å². The Morgan fingerprint density at radius 2 is 2.44 bits per heavy atom. The van der Waals surface area contributed by atoms with E-state index in [0.717, 1.165) is 10.2 Å². The van der Waals surface area contributed by atoms with Crippen LogP contribution in [0.15, 0.2) is 0 Å². The molecular weight excluding hydrogens is 252 g/mol. The van der Waals surface area contributed by atoms with E-state index in [4.69, 9.17) is 11.6 Å². The minimum atomic E-state index is 0.623. The van der Waals surface area contributed by atoms with Crippen molar-refractivity contribution in [3.8, 4) is 0 Å². The molecular formula is C4H5ClIN3. The van der Waals surface area contributed by atoms with Gasteiger partial charge in [0, 0.05) is 6.54 Å². The summed E-state index contributed by atoms with van der Waals surface area (Å²) in [5.41, 5.74) is 0. The summed E-state index contributed by atoms with van der Waals surface area (Å²) in [5, 5.41) is 8.14. The maximum Gasteiger partial charge on any atom is 0.162 e. The summed E-state index contributed by atoms with van der Waals surface area (Å²) in [6, 6.07) is 0. The molecule has 0 spiro atoms. The van der Waals surface area contributed by atoms with Gasteiger partial charge >= 0.3 is 0 Å². The zero-order valence-corrected chi connectivity index (χ0v) is 7.72. The average molecular weight is 257 g/mol. The van der Waals surface area contributed by atoms with Gasteiger partial charge in [0.05, 0.1) is 0 Å². The van der Waals surface area contributed by atoms with Crippen molar-refractivity contribution in [2.24, 2.45) is 0 Å². The Hall–Kier alpha value is 0.160. The lowest BCUT2D eigenvalue weighted by Crippen LogP contribution is -1.95. The number of aryl methyl sites for hydroxylation is 1. The van der Waals surface area contributed by atoms with Crippen molar-refractivity contribution >= 4 is 34.2 Å². The number of hydrogen-bond donors (Lipinski definition) is 0. The predicted molar refractivity (Wildman–Crippen MR) is 43.4 cm³/mol. The molecule has 1 aromatic rings. The fraction of sp³-hybridized carbons (Fsp3) is 0.500. The molecule has 0 aliphatic rings. The molecule has 3 nitrogen and oxygen atoms in total. The van der Waals surface area contributed by atoms with Gasteiger partial charge in [0.25, 0.3) is 0 Å². The first-order chi connectivity index (χ1) is 4.25. The van der Waals surface area contributed by atoms with Crippen LogP contribution in [0.4, 0.5) is 0 Å². The van der Waals surface area contributed by atoms with Gasteiger partial charge in [0.2, 0.25) is 0 Å². The quantitative estimate of drug-likeness (QED) is 0.715.